The number of H-pyrrole nitrogens is 1. The fourth-order valence-electron chi connectivity index (χ4n) is 3.59. The van der Waals surface area contributed by atoms with E-state index in [2.05, 4.69) is 44.5 Å². The summed E-state index contributed by atoms with van der Waals surface area (Å²) in [5.74, 6) is 0.595. The van der Waals surface area contributed by atoms with E-state index in [9.17, 15) is 4.39 Å². The van der Waals surface area contributed by atoms with Crippen LogP contribution in [-0.4, -0.2) is 24.1 Å². The largest absolute Gasteiger partial charge is 0.360 e. The third-order valence-corrected chi connectivity index (χ3v) is 6.25. The summed E-state index contributed by atoms with van der Waals surface area (Å²) in [5.41, 5.74) is 4.34. The number of nitrogens with zero attached hydrogens (tertiary/aromatic N) is 4. The van der Waals surface area contributed by atoms with Crippen LogP contribution >= 0.6 is 11.9 Å². The lowest BCUT2D eigenvalue weighted by Gasteiger charge is -2.18. The quantitative estimate of drug-likeness (QED) is 0.525. The van der Waals surface area contributed by atoms with Crippen LogP contribution < -0.4 is 0 Å². The van der Waals surface area contributed by atoms with E-state index >= 15 is 0 Å². The highest BCUT2D eigenvalue weighted by Crippen LogP contribution is 2.46. The zero-order valence-corrected chi connectivity index (χ0v) is 15.8. The average molecular weight is 379 g/mol. The SMILES string of the molecule is CC1c2cc(-c3c[nH]c4cc(F)ccc34)ccc2SN1Cc1ncn(C)n1. The number of nitrogens with one attached hydrogen (secondary N) is 1. The molecule has 3 heterocycles. The minimum absolute atomic E-state index is 0.228. The van der Waals surface area contributed by atoms with Gasteiger partial charge in [0.1, 0.15) is 12.1 Å². The minimum Gasteiger partial charge on any atom is -0.360 e. The molecule has 4 aromatic rings. The van der Waals surface area contributed by atoms with Gasteiger partial charge in [0.25, 0.3) is 0 Å². The van der Waals surface area contributed by atoms with Gasteiger partial charge in [-0.25, -0.2) is 13.7 Å². The predicted molar refractivity (Wildman–Crippen MR) is 105 cm³/mol. The first-order valence-corrected chi connectivity index (χ1v) is 9.56. The van der Waals surface area contributed by atoms with Crippen LogP contribution in [0.5, 0.6) is 0 Å². The van der Waals surface area contributed by atoms with E-state index in [1.807, 2.05) is 19.3 Å². The van der Waals surface area contributed by atoms with Gasteiger partial charge in [0.2, 0.25) is 0 Å². The second-order valence-corrected chi connectivity index (χ2v) is 7.91. The van der Waals surface area contributed by atoms with Crippen molar-refractivity contribution in [2.75, 3.05) is 0 Å². The smallest absolute Gasteiger partial charge is 0.165 e. The Morgan fingerprint density at radius 1 is 1.22 bits per heavy atom. The summed E-state index contributed by atoms with van der Waals surface area (Å²) >= 11 is 1.75. The van der Waals surface area contributed by atoms with Crippen LogP contribution in [-0.2, 0) is 13.6 Å². The van der Waals surface area contributed by atoms with Gasteiger partial charge in [-0.2, -0.15) is 5.10 Å². The van der Waals surface area contributed by atoms with E-state index in [4.69, 9.17) is 0 Å². The van der Waals surface area contributed by atoms with E-state index in [1.54, 1.807) is 23.0 Å². The maximum Gasteiger partial charge on any atom is 0.165 e. The number of hydrogen-bond acceptors (Lipinski definition) is 4. The van der Waals surface area contributed by atoms with Gasteiger partial charge in [-0.1, -0.05) is 6.07 Å². The molecule has 1 N–H and O–H groups in total. The number of aryl methyl sites for hydroxylation is 1. The molecule has 1 unspecified atom stereocenters. The van der Waals surface area contributed by atoms with E-state index in [0.29, 0.717) is 6.54 Å². The maximum atomic E-state index is 13.5. The first-order valence-electron chi connectivity index (χ1n) is 8.78. The van der Waals surface area contributed by atoms with Crippen molar-refractivity contribution in [2.45, 2.75) is 24.4 Å². The lowest BCUT2D eigenvalue weighted by atomic mass is 9.99. The van der Waals surface area contributed by atoms with Crippen molar-refractivity contribution in [3.63, 3.8) is 0 Å². The van der Waals surface area contributed by atoms with Crippen molar-refractivity contribution in [1.29, 1.82) is 0 Å². The number of rotatable bonds is 3. The lowest BCUT2D eigenvalue weighted by molar-refractivity contribution is 0.379. The molecule has 0 fully saturated rings. The van der Waals surface area contributed by atoms with Gasteiger partial charge in [-0.05, 0) is 60.3 Å². The van der Waals surface area contributed by atoms with Crippen LogP contribution in [0.2, 0.25) is 0 Å². The molecule has 27 heavy (non-hydrogen) atoms. The zero-order valence-electron chi connectivity index (χ0n) is 15.0. The van der Waals surface area contributed by atoms with Gasteiger partial charge in [0, 0.05) is 40.6 Å². The number of hydrogen-bond donors (Lipinski definition) is 1. The van der Waals surface area contributed by atoms with Crippen molar-refractivity contribution in [3.8, 4) is 11.1 Å². The Bertz CT molecular complexity index is 1150. The topological polar surface area (TPSA) is 49.7 Å². The summed E-state index contributed by atoms with van der Waals surface area (Å²) in [4.78, 5) is 8.77. The highest BCUT2D eigenvalue weighted by molar-refractivity contribution is 7.97. The van der Waals surface area contributed by atoms with Crippen molar-refractivity contribution in [3.05, 3.63) is 66.1 Å². The van der Waals surface area contributed by atoms with Crippen molar-refractivity contribution < 1.29 is 4.39 Å². The van der Waals surface area contributed by atoms with Crippen molar-refractivity contribution >= 4 is 22.9 Å². The Kier molecular flexibility index (Phi) is 3.80. The summed E-state index contributed by atoms with van der Waals surface area (Å²) in [6.45, 7) is 2.90. The Morgan fingerprint density at radius 3 is 2.93 bits per heavy atom. The van der Waals surface area contributed by atoms with Crippen LogP contribution in [0.4, 0.5) is 4.39 Å². The lowest BCUT2D eigenvalue weighted by Crippen LogP contribution is -2.15. The van der Waals surface area contributed by atoms with Crippen LogP contribution in [0, 0.1) is 5.82 Å². The molecule has 1 atom stereocenters. The molecule has 7 heteroatoms. The molecule has 0 aliphatic carbocycles. The predicted octanol–water partition coefficient (Wildman–Crippen LogP) is 4.69. The molecule has 0 saturated heterocycles. The molecule has 0 spiro atoms. The number of halogens is 1. The van der Waals surface area contributed by atoms with E-state index in [-0.39, 0.29) is 11.9 Å². The summed E-state index contributed by atoms with van der Waals surface area (Å²) in [7, 11) is 1.88. The molecule has 1 aliphatic rings. The van der Waals surface area contributed by atoms with Gasteiger partial charge in [0.15, 0.2) is 5.82 Å². The number of aromatic amines is 1. The Morgan fingerprint density at radius 2 is 2.11 bits per heavy atom. The average Bonchev–Trinajstić information content (AvgIpc) is 3.33. The zero-order chi connectivity index (χ0) is 18.5. The van der Waals surface area contributed by atoms with Crippen LogP contribution in [0.1, 0.15) is 24.4 Å². The summed E-state index contributed by atoms with van der Waals surface area (Å²) in [5, 5.41) is 5.42. The van der Waals surface area contributed by atoms with Gasteiger partial charge in [0.05, 0.1) is 6.54 Å². The summed E-state index contributed by atoms with van der Waals surface area (Å²) in [6, 6.07) is 11.7. The van der Waals surface area contributed by atoms with E-state index in [0.717, 1.165) is 27.9 Å². The molecule has 0 radical (unpaired) electrons. The minimum atomic E-state index is -0.228. The van der Waals surface area contributed by atoms with Gasteiger partial charge >= 0.3 is 0 Å². The van der Waals surface area contributed by atoms with E-state index < -0.39 is 0 Å². The molecule has 2 aromatic heterocycles. The maximum absolute atomic E-state index is 13.5. The molecule has 2 aromatic carbocycles. The summed E-state index contributed by atoms with van der Waals surface area (Å²) in [6.07, 6.45) is 3.68. The second kappa shape index (κ2) is 6.21. The van der Waals surface area contributed by atoms with Gasteiger partial charge < -0.3 is 4.98 Å². The molecule has 5 rings (SSSR count). The van der Waals surface area contributed by atoms with Crippen LogP contribution in [0.3, 0.4) is 0 Å². The molecule has 0 amide bonds. The first kappa shape index (κ1) is 16.5. The fraction of sp³-hybridized carbons (Fsp3) is 0.200. The van der Waals surface area contributed by atoms with Gasteiger partial charge in [-0.15, -0.1) is 0 Å². The molecule has 5 nitrogen and oxygen atoms in total. The van der Waals surface area contributed by atoms with Gasteiger partial charge in [-0.3, -0.25) is 4.68 Å². The molecule has 0 bridgehead atoms. The highest BCUT2D eigenvalue weighted by atomic mass is 32.2. The number of aromatic nitrogens is 4. The van der Waals surface area contributed by atoms with Crippen molar-refractivity contribution in [2.24, 2.45) is 7.05 Å². The highest BCUT2D eigenvalue weighted by Gasteiger charge is 2.29. The van der Waals surface area contributed by atoms with Crippen LogP contribution in [0.15, 0.2) is 53.8 Å². The first-order chi connectivity index (χ1) is 13.1. The number of fused-ring (bicyclic) bond motifs is 2. The summed E-state index contributed by atoms with van der Waals surface area (Å²) < 4.78 is 17.5. The number of benzene rings is 2. The Labute approximate surface area is 160 Å². The van der Waals surface area contributed by atoms with E-state index in [1.165, 1.54) is 22.6 Å². The standard InChI is InChI=1S/C20H18FN5S/c1-12-16-7-13(17-9-22-18-8-14(21)4-5-15(17)18)3-6-19(16)27-26(12)10-20-23-11-25(2)24-20/h3-9,11-12,22H,10H2,1-2H3. The van der Waals surface area contributed by atoms with Crippen molar-refractivity contribution in [1.82, 2.24) is 24.1 Å². The molecular weight excluding hydrogens is 361 g/mol. The Hall–Kier alpha value is -2.64. The molecule has 1 aliphatic heterocycles. The third-order valence-electron chi connectivity index (χ3n) is 5.01. The second-order valence-electron chi connectivity index (χ2n) is 6.82. The molecule has 0 saturated carbocycles. The normalized spacial score (nSPS) is 16.9. The molecule has 136 valence electrons. The van der Waals surface area contributed by atoms with Crippen LogP contribution in [0.25, 0.3) is 22.0 Å². The third kappa shape index (κ3) is 2.83. The fourth-order valence-corrected chi connectivity index (χ4v) is 4.76. The Balaban J connectivity index is 1.47. The monoisotopic (exact) mass is 379 g/mol. The molecular formula is C20H18FN5S.